The van der Waals surface area contributed by atoms with Crippen LogP contribution in [0, 0.1) is 6.92 Å². The lowest BCUT2D eigenvalue weighted by Gasteiger charge is -2.18. The molecule has 1 aromatic carbocycles. The van der Waals surface area contributed by atoms with Crippen LogP contribution < -0.4 is 9.62 Å². The summed E-state index contributed by atoms with van der Waals surface area (Å²) in [5.41, 5.74) is 1.86. The van der Waals surface area contributed by atoms with Crippen molar-refractivity contribution < 1.29 is 13.5 Å². The predicted molar refractivity (Wildman–Crippen MR) is 72.4 cm³/mol. The van der Waals surface area contributed by atoms with E-state index in [0.29, 0.717) is 0 Å². The van der Waals surface area contributed by atoms with Gasteiger partial charge in [0, 0.05) is 25.8 Å². The third kappa shape index (κ3) is 3.44. The summed E-state index contributed by atoms with van der Waals surface area (Å²) in [6.45, 7) is 3.31. The highest BCUT2D eigenvalue weighted by molar-refractivity contribution is 7.89. The molecule has 0 radical (unpaired) electrons. The Hall–Kier alpha value is -1.11. The molecule has 1 aromatic rings. The highest BCUT2D eigenvalue weighted by Crippen LogP contribution is 2.22. The van der Waals surface area contributed by atoms with E-state index in [1.807, 2.05) is 25.9 Å². The zero-order valence-corrected chi connectivity index (χ0v) is 12.0. The van der Waals surface area contributed by atoms with Crippen LogP contribution in [0.25, 0.3) is 0 Å². The van der Waals surface area contributed by atoms with Crippen LogP contribution in [0.4, 0.5) is 5.69 Å². The Balaban J connectivity index is 3.14. The molecule has 18 heavy (non-hydrogen) atoms. The second-order valence-electron chi connectivity index (χ2n) is 4.55. The van der Waals surface area contributed by atoms with Crippen LogP contribution in [0.2, 0.25) is 0 Å². The number of aliphatic hydroxyl groups is 1. The van der Waals surface area contributed by atoms with Gasteiger partial charge in [-0.1, -0.05) is 6.07 Å². The Morgan fingerprint density at radius 1 is 1.39 bits per heavy atom. The largest absolute Gasteiger partial charge is 0.395 e. The van der Waals surface area contributed by atoms with Gasteiger partial charge in [-0.3, -0.25) is 0 Å². The van der Waals surface area contributed by atoms with Gasteiger partial charge in [0.05, 0.1) is 11.5 Å². The van der Waals surface area contributed by atoms with Crippen molar-refractivity contribution in [2.45, 2.75) is 24.8 Å². The van der Waals surface area contributed by atoms with E-state index >= 15 is 0 Å². The lowest BCUT2D eigenvalue weighted by atomic mass is 10.2. The van der Waals surface area contributed by atoms with Crippen LogP contribution in [-0.2, 0) is 10.0 Å². The molecule has 0 bridgehead atoms. The fourth-order valence-corrected chi connectivity index (χ4v) is 2.86. The number of sulfonamides is 1. The van der Waals surface area contributed by atoms with Crippen LogP contribution in [0.1, 0.15) is 12.5 Å². The Morgan fingerprint density at radius 3 is 2.50 bits per heavy atom. The van der Waals surface area contributed by atoms with Crippen molar-refractivity contribution in [1.82, 2.24) is 4.72 Å². The number of hydrogen-bond acceptors (Lipinski definition) is 4. The molecule has 0 aliphatic rings. The predicted octanol–water partition coefficient (Wildman–Crippen LogP) is 0.720. The summed E-state index contributed by atoms with van der Waals surface area (Å²) in [7, 11) is 0.146. The summed E-state index contributed by atoms with van der Waals surface area (Å²) >= 11 is 0. The molecule has 1 rings (SSSR count). The topological polar surface area (TPSA) is 69.6 Å². The molecule has 0 saturated carbocycles. The summed E-state index contributed by atoms with van der Waals surface area (Å²) in [6, 6.07) is 4.46. The second-order valence-corrected chi connectivity index (χ2v) is 6.26. The molecular formula is C12H20N2O3S. The van der Waals surface area contributed by atoms with E-state index in [0.717, 1.165) is 11.3 Å². The van der Waals surface area contributed by atoms with E-state index < -0.39 is 16.1 Å². The van der Waals surface area contributed by atoms with E-state index in [-0.39, 0.29) is 11.5 Å². The Morgan fingerprint density at radius 2 is 2.00 bits per heavy atom. The Kier molecular flexibility index (Phi) is 4.72. The molecule has 2 N–H and O–H groups in total. The number of hydrogen-bond donors (Lipinski definition) is 2. The van der Waals surface area contributed by atoms with Gasteiger partial charge in [-0.25, -0.2) is 13.1 Å². The average Bonchev–Trinajstić information content (AvgIpc) is 2.28. The normalized spacial score (nSPS) is 13.4. The molecule has 0 spiro atoms. The number of nitrogens with zero attached hydrogens (tertiary/aromatic N) is 1. The number of anilines is 1. The summed E-state index contributed by atoms with van der Waals surface area (Å²) in [4.78, 5) is 2.07. The van der Waals surface area contributed by atoms with E-state index in [4.69, 9.17) is 5.11 Å². The monoisotopic (exact) mass is 272 g/mol. The molecule has 0 fully saturated rings. The van der Waals surface area contributed by atoms with Crippen LogP contribution >= 0.6 is 0 Å². The lowest BCUT2D eigenvalue weighted by molar-refractivity contribution is 0.265. The van der Waals surface area contributed by atoms with Crippen molar-refractivity contribution in [2.75, 3.05) is 25.6 Å². The van der Waals surface area contributed by atoms with Crippen LogP contribution in [0.15, 0.2) is 23.1 Å². The SMILES string of the molecule is Cc1ccc(S(=O)(=O)N[C@H](C)CO)cc1N(C)C. The maximum Gasteiger partial charge on any atom is 0.240 e. The van der Waals surface area contributed by atoms with Gasteiger partial charge in [0.2, 0.25) is 10.0 Å². The minimum atomic E-state index is -3.58. The van der Waals surface area contributed by atoms with Crippen LogP contribution in [-0.4, -0.2) is 40.3 Å². The number of nitrogens with one attached hydrogen (secondary N) is 1. The summed E-state index contributed by atoms with van der Waals surface area (Å²) in [5, 5.41) is 8.90. The lowest BCUT2D eigenvalue weighted by Crippen LogP contribution is -2.35. The highest BCUT2D eigenvalue weighted by atomic mass is 32.2. The Bertz CT molecular complexity index is 512. The summed E-state index contributed by atoms with van der Waals surface area (Å²) in [5.74, 6) is 0. The van der Waals surface area contributed by atoms with Gasteiger partial charge >= 0.3 is 0 Å². The van der Waals surface area contributed by atoms with E-state index in [9.17, 15) is 8.42 Å². The van der Waals surface area contributed by atoms with Crippen molar-refractivity contribution in [2.24, 2.45) is 0 Å². The van der Waals surface area contributed by atoms with E-state index in [2.05, 4.69) is 4.72 Å². The molecule has 5 nitrogen and oxygen atoms in total. The molecule has 0 heterocycles. The number of benzene rings is 1. The third-order valence-corrected chi connectivity index (χ3v) is 4.19. The minimum Gasteiger partial charge on any atom is -0.395 e. The first-order valence-electron chi connectivity index (χ1n) is 5.69. The van der Waals surface area contributed by atoms with Gasteiger partial charge in [-0.2, -0.15) is 0 Å². The fraction of sp³-hybridized carbons (Fsp3) is 0.500. The first-order chi connectivity index (χ1) is 8.27. The molecule has 102 valence electrons. The number of rotatable bonds is 5. The minimum absolute atomic E-state index is 0.206. The summed E-state index contributed by atoms with van der Waals surface area (Å²) < 4.78 is 26.5. The van der Waals surface area contributed by atoms with Crippen LogP contribution in [0.3, 0.4) is 0 Å². The first kappa shape index (κ1) is 14.9. The molecule has 0 unspecified atom stereocenters. The van der Waals surface area contributed by atoms with Gasteiger partial charge in [0.15, 0.2) is 0 Å². The molecule has 0 saturated heterocycles. The zero-order valence-electron chi connectivity index (χ0n) is 11.1. The van der Waals surface area contributed by atoms with Crippen molar-refractivity contribution in [1.29, 1.82) is 0 Å². The fourth-order valence-electron chi connectivity index (χ4n) is 1.61. The number of aryl methyl sites for hydroxylation is 1. The van der Waals surface area contributed by atoms with Gasteiger partial charge in [-0.15, -0.1) is 0 Å². The average molecular weight is 272 g/mol. The molecular weight excluding hydrogens is 252 g/mol. The second kappa shape index (κ2) is 5.69. The molecule has 0 aliphatic heterocycles. The van der Waals surface area contributed by atoms with E-state index in [1.54, 1.807) is 25.1 Å². The standard InChI is InChI=1S/C12H20N2O3S/c1-9-5-6-11(7-12(9)14(3)4)18(16,17)13-10(2)8-15/h5-7,10,13,15H,8H2,1-4H3/t10-/m1/s1. The maximum atomic E-state index is 12.0. The van der Waals surface area contributed by atoms with Crippen molar-refractivity contribution in [3.63, 3.8) is 0 Å². The quantitative estimate of drug-likeness (QED) is 0.828. The van der Waals surface area contributed by atoms with Crippen molar-refractivity contribution in [3.8, 4) is 0 Å². The van der Waals surface area contributed by atoms with Crippen molar-refractivity contribution >= 4 is 15.7 Å². The highest BCUT2D eigenvalue weighted by Gasteiger charge is 2.18. The van der Waals surface area contributed by atoms with Crippen molar-refractivity contribution in [3.05, 3.63) is 23.8 Å². The van der Waals surface area contributed by atoms with Gasteiger partial charge < -0.3 is 10.0 Å². The molecule has 1 atom stereocenters. The van der Waals surface area contributed by atoms with Gasteiger partial charge in [0.25, 0.3) is 0 Å². The first-order valence-corrected chi connectivity index (χ1v) is 7.17. The third-order valence-electron chi connectivity index (χ3n) is 2.60. The van der Waals surface area contributed by atoms with Gasteiger partial charge in [-0.05, 0) is 31.5 Å². The maximum absolute atomic E-state index is 12.0. The summed E-state index contributed by atoms with van der Waals surface area (Å²) in [6.07, 6.45) is 0. The zero-order chi connectivity index (χ0) is 13.9. The molecule has 0 aromatic heterocycles. The molecule has 6 heteroatoms. The van der Waals surface area contributed by atoms with Gasteiger partial charge in [0.1, 0.15) is 0 Å². The number of aliphatic hydroxyl groups excluding tert-OH is 1. The van der Waals surface area contributed by atoms with Crippen LogP contribution in [0.5, 0.6) is 0 Å². The van der Waals surface area contributed by atoms with E-state index in [1.165, 1.54) is 0 Å². The Labute approximate surface area is 108 Å². The smallest absolute Gasteiger partial charge is 0.240 e. The molecule has 0 amide bonds. The molecule has 0 aliphatic carbocycles.